The predicted octanol–water partition coefficient (Wildman–Crippen LogP) is 1.52. The van der Waals surface area contributed by atoms with E-state index in [2.05, 4.69) is 0 Å². The third-order valence-electron chi connectivity index (χ3n) is 2.23. The number of hydrogen-bond donors (Lipinski definition) is 3. The van der Waals surface area contributed by atoms with Crippen LogP contribution in [0, 0.1) is 6.92 Å². The molecule has 1 aromatic carbocycles. The second-order valence-electron chi connectivity index (χ2n) is 3.66. The van der Waals surface area contributed by atoms with E-state index in [0.29, 0.717) is 16.1 Å². The van der Waals surface area contributed by atoms with Crippen molar-refractivity contribution in [3.63, 3.8) is 0 Å². The minimum atomic E-state index is -1.02. The lowest BCUT2D eigenvalue weighted by molar-refractivity contribution is 0.207. The number of halogens is 1. The quantitative estimate of drug-likeness (QED) is 0.701. The zero-order valence-corrected chi connectivity index (χ0v) is 8.97. The van der Waals surface area contributed by atoms with Gasteiger partial charge in [-0.25, -0.2) is 0 Å². The van der Waals surface area contributed by atoms with Crippen LogP contribution in [0.5, 0.6) is 5.75 Å². The lowest BCUT2D eigenvalue weighted by atomic mass is 9.91. The first kappa shape index (κ1) is 11.3. The normalized spacial score (nSPS) is 15.2. The summed E-state index contributed by atoms with van der Waals surface area (Å²) in [5, 5.41) is 19.2. The molecule has 0 radical (unpaired) electrons. The molecule has 4 N–H and O–H groups in total. The summed E-state index contributed by atoms with van der Waals surface area (Å²) in [6.45, 7) is 3.10. The second-order valence-corrected chi connectivity index (χ2v) is 4.07. The number of phenolic OH excluding ortho intramolecular Hbond substituents is 1. The summed E-state index contributed by atoms with van der Waals surface area (Å²) in [6, 6.07) is 3.36. The van der Waals surface area contributed by atoms with E-state index in [4.69, 9.17) is 22.4 Å². The van der Waals surface area contributed by atoms with E-state index in [1.807, 2.05) is 0 Å². The van der Waals surface area contributed by atoms with Crippen molar-refractivity contribution < 1.29 is 10.2 Å². The first-order valence-electron chi connectivity index (χ1n) is 4.28. The fourth-order valence-electron chi connectivity index (χ4n) is 1.29. The Balaban J connectivity index is 3.40. The number of nitrogens with two attached hydrogens (primary N) is 1. The number of aryl methyl sites for hydroxylation is 1. The highest BCUT2D eigenvalue weighted by Crippen LogP contribution is 2.35. The SMILES string of the molecule is Cc1ccc(Cl)c(C(C)(N)CO)c1O. The number of rotatable bonds is 2. The van der Waals surface area contributed by atoms with E-state index in [-0.39, 0.29) is 12.4 Å². The van der Waals surface area contributed by atoms with Crippen LogP contribution >= 0.6 is 11.6 Å². The molecule has 0 heterocycles. The van der Waals surface area contributed by atoms with Gasteiger partial charge in [0.2, 0.25) is 0 Å². The van der Waals surface area contributed by atoms with Crippen molar-refractivity contribution in [1.29, 1.82) is 0 Å². The highest BCUT2D eigenvalue weighted by Gasteiger charge is 2.27. The lowest BCUT2D eigenvalue weighted by Crippen LogP contribution is -2.37. The number of aliphatic hydroxyl groups is 1. The monoisotopic (exact) mass is 215 g/mol. The maximum Gasteiger partial charge on any atom is 0.125 e. The van der Waals surface area contributed by atoms with Crippen LogP contribution in [0.4, 0.5) is 0 Å². The van der Waals surface area contributed by atoms with Gasteiger partial charge in [0.1, 0.15) is 5.75 Å². The summed E-state index contributed by atoms with van der Waals surface area (Å²) >= 11 is 5.91. The van der Waals surface area contributed by atoms with Crippen LogP contribution in [0.25, 0.3) is 0 Å². The molecule has 1 rings (SSSR count). The van der Waals surface area contributed by atoms with Crippen LogP contribution in [0.1, 0.15) is 18.1 Å². The van der Waals surface area contributed by atoms with Gasteiger partial charge in [0.05, 0.1) is 12.1 Å². The standard InChI is InChI=1S/C10H14ClNO2/c1-6-3-4-7(11)8(9(6)14)10(2,12)5-13/h3-4,13-14H,5,12H2,1-2H3. The van der Waals surface area contributed by atoms with E-state index in [1.165, 1.54) is 0 Å². The lowest BCUT2D eigenvalue weighted by Gasteiger charge is -2.25. The molecule has 0 aromatic heterocycles. The Bertz CT molecular complexity index is 350. The molecule has 0 fully saturated rings. The minimum absolute atomic E-state index is 0.0524. The van der Waals surface area contributed by atoms with Crippen LogP contribution in [0.15, 0.2) is 12.1 Å². The Labute approximate surface area is 88.1 Å². The molecule has 4 heteroatoms. The van der Waals surface area contributed by atoms with Gasteiger partial charge in [-0.05, 0) is 25.5 Å². The zero-order valence-electron chi connectivity index (χ0n) is 8.21. The van der Waals surface area contributed by atoms with Crippen LogP contribution in [-0.2, 0) is 5.54 Å². The van der Waals surface area contributed by atoms with E-state index in [1.54, 1.807) is 26.0 Å². The minimum Gasteiger partial charge on any atom is -0.507 e. The molecule has 0 saturated heterocycles. The summed E-state index contributed by atoms with van der Waals surface area (Å²) in [6.07, 6.45) is 0. The number of benzene rings is 1. The van der Waals surface area contributed by atoms with Crippen molar-refractivity contribution in [3.05, 3.63) is 28.3 Å². The van der Waals surface area contributed by atoms with Gasteiger partial charge in [0.25, 0.3) is 0 Å². The average molecular weight is 216 g/mol. The number of aliphatic hydroxyl groups excluding tert-OH is 1. The Kier molecular flexibility index (Phi) is 3.04. The van der Waals surface area contributed by atoms with E-state index >= 15 is 0 Å². The maximum absolute atomic E-state index is 9.77. The third kappa shape index (κ3) is 1.85. The largest absolute Gasteiger partial charge is 0.507 e. The Morgan fingerprint density at radius 3 is 2.57 bits per heavy atom. The molecule has 78 valence electrons. The molecule has 1 atom stereocenters. The molecule has 0 aliphatic heterocycles. The second kappa shape index (κ2) is 3.77. The van der Waals surface area contributed by atoms with E-state index in [0.717, 1.165) is 0 Å². The molecular weight excluding hydrogens is 202 g/mol. The summed E-state index contributed by atoms with van der Waals surface area (Å²) in [7, 11) is 0. The molecule has 0 bridgehead atoms. The molecule has 1 unspecified atom stereocenters. The zero-order chi connectivity index (χ0) is 10.9. The van der Waals surface area contributed by atoms with Gasteiger partial charge < -0.3 is 15.9 Å². The van der Waals surface area contributed by atoms with Crippen molar-refractivity contribution >= 4 is 11.6 Å². The molecule has 0 aliphatic carbocycles. The van der Waals surface area contributed by atoms with Gasteiger partial charge in [-0.1, -0.05) is 17.7 Å². The Morgan fingerprint density at radius 2 is 2.07 bits per heavy atom. The van der Waals surface area contributed by atoms with Crippen molar-refractivity contribution in [1.82, 2.24) is 0 Å². The van der Waals surface area contributed by atoms with Crippen molar-refractivity contribution in [2.75, 3.05) is 6.61 Å². The smallest absolute Gasteiger partial charge is 0.125 e. The van der Waals surface area contributed by atoms with Crippen molar-refractivity contribution in [3.8, 4) is 5.75 Å². The van der Waals surface area contributed by atoms with E-state index in [9.17, 15) is 5.11 Å². The van der Waals surface area contributed by atoms with E-state index < -0.39 is 5.54 Å². The van der Waals surface area contributed by atoms with Gasteiger partial charge in [-0.3, -0.25) is 0 Å². The number of hydrogen-bond acceptors (Lipinski definition) is 3. The number of aromatic hydroxyl groups is 1. The summed E-state index contributed by atoms with van der Waals surface area (Å²) in [5.74, 6) is 0.0524. The Morgan fingerprint density at radius 1 is 1.50 bits per heavy atom. The van der Waals surface area contributed by atoms with Gasteiger partial charge in [0, 0.05) is 10.6 Å². The van der Waals surface area contributed by atoms with Crippen LogP contribution in [-0.4, -0.2) is 16.8 Å². The Hall–Kier alpha value is -0.770. The van der Waals surface area contributed by atoms with Crippen molar-refractivity contribution in [2.45, 2.75) is 19.4 Å². The fraction of sp³-hybridized carbons (Fsp3) is 0.400. The van der Waals surface area contributed by atoms with Crippen LogP contribution < -0.4 is 5.73 Å². The van der Waals surface area contributed by atoms with Gasteiger partial charge in [-0.2, -0.15) is 0 Å². The molecule has 14 heavy (non-hydrogen) atoms. The van der Waals surface area contributed by atoms with Crippen LogP contribution in [0.2, 0.25) is 5.02 Å². The summed E-state index contributed by atoms with van der Waals surface area (Å²) < 4.78 is 0. The van der Waals surface area contributed by atoms with Crippen LogP contribution in [0.3, 0.4) is 0 Å². The number of phenols is 1. The molecular formula is C10H14ClNO2. The third-order valence-corrected chi connectivity index (χ3v) is 2.54. The molecule has 1 aromatic rings. The van der Waals surface area contributed by atoms with Gasteiger partial charge in [0.15, 0.2) is 0 Å². The van der Waals surface area contributed by atoms with Crippen molar-refractivity contribution in [2.24, 2.45) is 5.73 Å². The van der Waals surface area contributed by atoms with Gasteiger partial charge in [-0.15, -0.1) is 0 Å². The molecule has 0 amide bonds. The highest BCUT2D eigenvalue weighted by molar-refractivity contribution is 6.31. The average Bonchev–Trinajstić information content (AvgIpc) is 2.12. The van der Waals surface area contributed by atoms with Gasteiger partial charge >= 0.3 is 0 Å². The predicted molar refractivity (Wildman–Crippen MR) is 56.5 cm³/mol. The first-order valence-corrected chi connectivity index (χ1v) is 4.66. The summed E-state index contributed by atoms with van der Waals surface area (Å²) in [4.78, 5) is 0. The summed E-state index contributed by atoms with van der Waals surface area (Å²) in [5.41, 5.74) is 5.87. The molecule has 0 spiro atoms. The molecule has 3 nitrogen and oxygen atoms in total. The molecule has 0 saturated carbocycles. The first-order chi connectivity index (χ1) is 6.40. The molecule has 0 aliphatic rings. The maximum atomic E-state index is 9.77. The topological polar surface area (TPSA) is 66.5 Å². The fourth-order valence-corrected chi connectivity index (χ4v) is 1.66. The highest BCUT2D eigenvalue weighted by atomic mass is 35.5.